The highest BCUT2D eigenvalue weighted by molar-refractivity contribution is 5.85. The van der Waals surface area contributed by atoms with Gasteiger partial charge in [0.1, 0.15) is 0 Å². The van der Waals surface area contributed by atoms with Gasteiger partial charge in [-0.15, -0.1) is 0 Å². The van der Waals surface area contributed by atoms with E-state index in [9.17, 15) is 14.7 Å². The summed E-state index contributed by atoms with van der Waals surface area (Å²) >= 11 is 0. The Bertz CT molecular complexity index is 304. The standard InChI is InChI=1S/C11H18N2O3/c1-9(15)12-4-6-13(7-5-12)10(16)11(8-14)2-3-11/h14H,2-8H2,1H3. The third kappa shape index (κ3) is 1.91. The number of hydrogen-bond acceptors (Lipinski definition) is 3. The van der Waals surface area contributed by atoms with Gasteiger partial charge < -0.3 is 14.9 Å². The van der Waals surface area contributed by atoms with Crippen LogP contribution in [0.5, 0.6) is 0 Å². The lowest BCUT2D eigenvalue weighted by Crippen LogP contribution is -2.52. The maximum Gasteiger partial charge on any atom is 0.231 e. The number of carbonyl (C=O) groups excluding carboxylic acids is 2. The first-order valence-electron chi connectivity index (χ1n) is 5.75. The number of rotatable bonds is 2. The molecule has 0 spiro atoms. The molecule has 5 heteroatoms. The van der Waals surface area contributed by atoms with Crippen molar-refractivity contribution in [2.75, 3.05) is 32.8 Å². The average molecular weight is 226 g/mol. The zero-order chi connectivity index (χ0) is 11.8. The van der Waals surface area contributed by atoms with Crippen LogP contribution < -0.4 is 0 Å². The van der Waals surface area contributed by atoms with Crippen molar-refractivity contribution in [1.29, 1.82) is 0 Å². The van der Waals surface area contributed by atoms with Crippen LogP contribution in [0.4, 0.5) is 0 Å². The number of amides is 2. The Balaban J connectivity index is 1.89. The number of hydrogen-bond donors (Lipinski definition) is 1. The van der Waals surface area contributed by atoms with Gasteiger partial charge in [-0.05, 0) is 12.8 Å². The highest BCUT2D eigenvalue weighted by Crippen LogP contribution is 2.46. The molecule has 5 nitrogen and oxygen atoms in total. The molecule has 16 heavy (non-hydrogen) atoms. The Morgan fingerprint density at radius 3 is 2.00 bits per heavy atom. The first-order chi connectivity index (χ1) is 7.59. The van der Waals surface area contributed by atoms with E-state index in [2.05, 4.69) is 0 Å². The molecule has 0 aromatic rings. The van der Waals surface area contributed by atoms with Gasteiger partial charge in [0.05, 0.1) is 12.0 Å². The summed E-state index contributed by atoms with van der Waals surface area (Å²) in [5, 5.41) is 9.19. The Morgan fingerprint density at radius 1 is 1.12 bits per heavy atom. The lowest BCUT2D eigenvalue weighted by atomic mass is 10.1. The Labute approximate surface area is 95.0 Å². The number of aliphatic hydroxyl groups is 1. The number of aliphatic hydroxyl groups excluding tert-OH is 1. The topological polar surface area (TPSA) is 60.9 Å². The van der Waals surface area contributed by atoms with E-state index in [4.69, 9.17) is 0 Å². The van der Waals surface area contributed by atoms with Crippen molar-refractivity contribution in [2.45, 2.75) is 19.8 Å². The van der Waals surface area contributed by atoms with Crippen LogP contribution in [0.15, 0.2) is 0 Å². The molecule has 1 N–H and O–H groups in total. The first-order valence-corrected chi connectivity index (χ1v) is 5.75. The van der Waals surface area contributed by atoms with Crippen molar-refractivity contribution in [3.63, 3.8) is 0 Å². The molecule has 0 unspecified atom stereocenters. The highest BCUT2D eigenvalue weighted by atomic mass is 16.3. The molecule has 2 amide bonds. The van der Waals surface area contributed by atoms with E-state index in [0.29, 0.717) is 26.2 Å². The van der Waals surface area contributed by atoms with Crippen LogP contribution in [-0.2, 0) is 9.59 Å². The molecule has 90 valence electrons. The van der Waals surface area contributed by atoms with Crippen LogP contribution >= 0.6 is 0 Å². The number of carbonyl (C=O) groups is 2. The summed E-state index contributed by atoms with van der Waals surface area (Å²) in [5.41, 5.74) is -0.474. The van der Waals surface area contributed by atoms with Crippen LogP contribution in [0.25, 0.3) is 0 Å². The zero-order valence-electron chi connectivity index (χ0n) is 9.61. The lowest BCUT2D eigenvalue weighted by Gasteiger charge is -2.35. The second kappa shape index (κ2) is 4.05. The van der Waals surface area contributed by atoms with Gasteiger partial charge in [0.2, 0.25) is 11.8 Å². The molecule has 0 aromatic heterocycles. The molecule has 1 aliphatic heterocycles. The van der Waals surface area contributed by atoms with E-state index in [1.165, 1.54) is 0 Å². The number of piperazine rings is 1. The van der Waals surface area contributed by atoms with Gasteiger partial charge in [-0.1, -0.05) is 0 Å². The minimum Gasteiger partial charge on any atom is -0.395 e. The fraction of sp³-hybridized carbons (Fsp3) is 0.818. The predicted molar refractivity (Wildman–Crippen MR) is 57.6 cm³/mol. The normalized spacial score (nSPS) is 23.1. The smallest absolute Gasteiger partial charge is 0.231 e. The van der Waals surface area contributed by atoms with E-state index in [0.717, 1.165) is 12.8 Å². The first kappa shape index (κ1) is 11.4. The van der Waals surface area contributed by atoms with Crippen molar-refractivity contribution in [2.24, 2.45) is 5.41 Å². The largest absolute Gasteiger partial charge is 0.395 e. The van der Waals surface area contributed by atoms with Crippen LogP contribution in [0.2, 0.25) is 0 Å². The highest BCUT2D eigenvalue weighted by Gasteiger charge is 2.51. The molecule has 1 saturated heterocycles. The van der Waals surface area contributed by atoms with Gasteiger partial charge in [-0.25, -0.2) is 0 Å². The van der Waals surface area contributed by atoms with Crippen molar-refractivity contribution in [1.82, 2.24) is 9.80 Å². The molecule has 1 aliphatic carbocycles. The Morgan fingerprint density at radius 2 is 1.62 bits per heavy atom. The number of nitrogens with zero attached hydrogens (tertiary/aromatic N) is 2. The molecule has 2 aliphatic rings. The van der Waals surface area contributed by atoms with Gasteiger partial charge in [0, 0.05) is 33.1 Å². The van der Waals surface area contributed by atoms with Gasteiger partial charge in [0.25, 0.3) is 0 Å². The summed E-state index contributed by atoms with van der Waals surface area (Å²) in [4.78, 5) is 26.7. The van der Waals surface area contributed by atoms with Gasteiger partial charge in [0.15, 0.2) is 0 Å². The maximum absolute atomic E-state index is 12.1. The van der Waals surface area contributed by atoms with E-state index >= 15 is 0 Å². The maximum atomic E-state index is 12.1. The van der Waals surface area contributed by atoms with Gasteiger partial charge in [-0.3, -0.25) is 9.59 Å². The lowest BCUT2D eigenvalue weighted by molar-refractivity contribution is -0.143. The van der Waals surface area contributed by atoms with Crippen LogP contribution in [-0.4, -0.2) is 59.5 Å². The molecule has 0 aromatic carbocycles. The second-order valence-corrected chi connectivity index (χ2v) is 4.74. The van der Waals surface area contributed by atoms with Crippen LogP contribution in [0.1, 0.15) is 19.8 Å². The van der Waals surface area contributed by atoms with Gasteiger partial charge in [-0.2, -0.15) is 0 Å². The SMILES string of the molecule is CC(=O)N1CCN(C(=O)C2(CO)CC2)CC1. The molecule has 1 heterocycles. The third-order valence-corrected chi connectivity index (χ3v) is 3.62. The quantitative estimate of drug-likeness (QED) is 0.687. The van der Waals surface area contributed by atoms with Crippen LogP contribution in [0, 0.1) is 5.41 Å². The van der Waals surface area contributed by atoms with Crippen molar-refractivity contribution < 1.29 is 14.7 Å². The molecular weight excluding hydrogens is 208 g/mol. The van der Waals surface area contributed by atoms with E-state index < -0.39 is 5.41 Å². The molecule has 0 atom stereocenters. The van der Waals surface area contributed by atoms with Crippen molar-refractivity contribution in [3.8, 4) is 0 Å². The molecule has 2 rings (SSSR count). The van der Waals surface area contributed by atoms with Crippen molar-refractivity contribution in [3.05, 3.63) is 0 Å². The molecule has 0 radical (unpaired) electrons. The molecule has 0 bridgehead atoms. The summed E-state index contributed by atoms with van der Waals surface area (Å²) in [7, 11) is 0. The minimum absolute atomic E-state index is 0.0429. The molecule has 1 saturated carbocycles. The Kier molecular flexibility index (Phi) is 2.88. The summed E-state index contributed by atoms with van der Waals surface area (Å²) in [6, 6.07) is 0. The summed E-state index contributed by atoms with van der Waals surface area (Å²) in [6.07, 6.45) is 1.60. The van der Waals surface area contributed by atoms with Gasteiger partial charge >= 0.3 is 0 Å². The van der Waals surface area contributed by atoms with Crippen molar-refractivity contribution >= 4 is 11.8 Å². The second-order valence-electron chi connectivity index (χ2n) is 4.74. The monoisotopic (exact) mass is 226 g/mol. The third-order valence-electron chi connectivity index (χ3n) is 3.62. The van der Waals surface area contributed by atoms with Crippen LogP contribution in [0.3, 0.4) is 0 Å². The average Bonchev–Trinajstić information content (AvgIpc) is 3.09. The Hall–Kier alpha value is -1.10. The molecule has 2 fully saturated rings. The predicted octanol–water partition coefficient (Wildman–Crippen LogP) is -0.550. The van der Waals surface area contributed by atoms with E-state index in [-0.39, 0.29) is 18.4 Å². The van der Waals surface area contributed by atoms with E-state index in [1.54, 1.807) is 16.7 Å². The summed E-state index contributed by atoms with van der Waals surface area (Å²) in [5.74, 6) is 0.133. The zero-order valence-corrected chi connectivity index (χ0v) is 9.61. The minimum atomic E-state index is -0.474. The van der Waals surface area contributed by atoms with E-state index in [1.807, 2.05) is 0 Å². The summed E-state index contributed by atoms with van der Waals surface area (Å²) in [6.45, 7) is 3.93. The summed E-state index contributed by atoms with van der Waals surface area (Å²) < 4.78 is 0. The molecular formula is C11H18N2O3. The fourth-order valence-electron chi connectivity index (χ4n) is 2.15. The fourth-order valence-corrected chi connectivity index (χ4v) is 2.15.